The van der Waals surface area contributed by atoms with Gasteiger partial charge in [0, 0.05) is 18.7 Å². The Bertz CT molecular complexity index is 454. The fourth-order valence-electron chi connectivity index (χ4n) is 2.31. The van der Waals surface area contributed by atoms with Gasteiger partial charge in [-0.15, -0.1) is 0 Å². The van der Waals surface area contributed by atoms with Crippen molar-refractivity contribution in [3.63, 3.8) is 0 Å². The number of ether oxygens (including phenoxy) is 1. The lowest BCUT2D eigenvalue weighted by Crippen LogP contribution is -2.45. The number of nitrogens with zero attached hydrogens (tertiary/aromatic N) is 1. The minimum atomic E-state index is -0.344. The number of anilines is 1. The van der Waals surface area contributed by atoms with E-state index in [1.54, 1.807) is 12.1 Å². The first-order valence-corrected chi connectivity index (χ1v) is 6.01. The zero-order valence-corrected chi connectivity index (χ0v) is 10.6. The number of nitrogens with one attached hydrogen (secondary N) is 1. The van der Waals surface area contributed by atoms with Crippen molar-refractivity contribution in [3.05, 3.63) is 29.6 Å². The van der Waals surface area contributed by atoms with E-state index in [1.165, 1.54) is 6.07 Å². The lowest BCUT2D eigenvalue weighted by Gasteiger charge is -2.37. The van der Waals surface area contributed by atoms with E-state index in [2.05, 4.69) is 0 Å². The number of hydrogen-bond donors (Lipinski definition) is 2. The van der Waals surface area contributed by atoms with Crippen molar-refractivity contribution in [2.75, 3.05) is 18.0 Å². The molecule has 0 aliphatic carbocycles. The molecule has 1 aliphatic heterocycles. The Labute approximate surface area is 106 Å². The molecule has 2 rings (SSSR count). The van der Waals surface area contributed by atoms with Crippen LogP contribution in [0.1, 0.15) is 19.4 Å². The molecule has 0 aromatic heterocycles. The second-order valence-electron chi connectivity index (χ2n) is 4.74. The average Bonchev–Trinajstić information content (AvgIpc) is 2.27. The van der Waals surface area contributed by atoms with Gasteiger partial charge < -0.3 is 15.4 Å². The fourth-order valence-corrected chi connectivity index (χ4v) is 2.31. The molecule has 0 saturated carbocycles. The summed E-state index contributed by atoms with van der Waals surface area (Å²) in [6.45, 7) is 5.29. The molecule has 1 aromatic rings. The number of hydrogen-bond acceptors (Lipinski definition) is 3. The van der Waals surface area contributed by atoms with Gasteiger partial charge in [-0.25, -0.2) is 4.39 Å². The highest BCUT2D eigenvalue weighted by Crippen LogP contribution is 2.24. The van der Waals surface area contributed by atoms with Crippen LogP contribution in [-0.4, -0.2) is 31.1 Å². The molecule has 0 spiro atoms. The summed E-state index contributed by atoms with van der Waals surface area (Å²) in [5, 5.41) is 7.29. The van der Waals surface area contributed by atoms with Crippen molar-refractivity contribution in [1.29, 1.82) is 5.41 Å². The number of halogens is 1. The van der Waals surface area contributed by atoms with Crippen LogP contribution in [0.2, 0.25) is 0 Å². The Balaban J connectivity index is 2.25. The SMILES string of the molecule is C[C@@H]1CN(c2ccc(C(=N)N)cc2F)C[C@H](C)O1. The van der Waals surface area contributed by atoms with Crippen LogP contribution in [0.15, 0.2) is 18.2 Å². The topological polar surface area (TPSA) is 62.3 Å². The van der Waals surface area contributed by atoms with Crippen molar-refractivity contribution < 1.29 is 9.13 Å². The van der Waals surface area contributed by atoms with Crippen LogP contribution in [0, 0.1) is 11.2 Å². The molecule has 0 radical (unpaired) electrons. The summed E-state index contributed by atoms with van der Waals surface area (Å²) in [7, 11) is 0. The smallest absolute Gasteiger partial charge is 0.147 e. The van der Waals surface area contributed by atoms with E-state index >= 15 is 0 Å². The molecule has 1 aromatic carbocycles. The van der Waals surface area contributed by atoms with Gasteiger partial charge in [0.25, 0.3) is 0 Å². The Morgan fingerprint density at radius 2 is 2.00 bits per heavy atom. The van der Waals surface area contributed by atoms with E-state index < -0.39 is 0 Å². The van der Waals surface area contributed by atoms with Crippen LogP contribution < -0.4 is 10.6 Å². The highest BCUT2D eigenvalue weighted by atomic mass is 19.1. The van der Waals surface area contributed by atoms with E-state index in [4.69, 9.17) is 15.9 Å². The van der Waals surface area contributed by atoms with E-state index in [0.29, 0.717) is 24.3 Å². The number of amidine groups is 1. The predicted molar refractivity (Wildman–Crippen MR) is 69.6 cm³/mol. The molecule has 98 valence electrons. The number of morpholine rings is 1. The molecule has 1 saturated heterocycles. The monoisotopic (exact) mass is 251 g/mol. The van der Waals surface area contributed by atoms with Crippen molar-refractivity contribution in [1.82, 2.24) is 0 Å². The Morgan fingerprint density at radius 3 is 2.50 bits per heavy atom. The molecule has 1 heterocycles. The molecule has 0 amide bonds. The van der Waals surface area contributed by atoms with Crippen LogP contribution in [0.3, 0.4) is 0 Å². The van der Waals surface area contributed by atoms with E-state index in [9.17, 15) is 4.39 Å². The maximum absolute atomic E-state index is 14.0. The standard InChI is InChI=1S/C13H18FN3O/c1-8-6-17(7-9(2)18-8)12-4-3-10(13(15)16)5-11(12)14/h3-5,8-9H,6-7H2,1-2H3,(H3,15,16)/t8-,9+. The van der Waals surface area contributed by atoms with Gasteiger partial charge in [0.15, 0.2) is 0 Å². The molecular weight excluding hydrogens is 233 g/mol. The molecule has 18 heavy (non-hydrogen) atoms. The van der Waals surface area contributed by atoms with Gasteiger partial charge in [-0.05, 0) is 32.0 Å². The van der Waals surface area contributed by atoms with Gasteiger partial charge in [0.2, 0.25) is 0 Å². The lowest BCUT2D eigenvalue weighted by molar-refractivity contribution is -0.00539. The zero-order chi connectivity index (χ0) is 13.3. The molecule has 3 N–H and O–H groups in total. The van der Waals surface area contributed by atoms with Crippen LogP contribution in [0.5, 0.6) is 0 Å². The third-order valence-corrected chi connectivity index (χ3v) is 3.02. The summed E-state index contributed by atoms with van der Waals surface area (Å²) in [6, 6.07) is 4.66. The van der Waals surface area contributed by atoms with Gasteiger partial charge in [-0.1, -0.05) is 0 Å². The molecule has 1 aliphatic rings. The summed E-state index contributed by atoms with van der Waals surface area (Å²) in [6.07, 6.45) is 0.168. The summed E-state index contributed by atoms with van der Waals surface area (Å²) >= 11 is 0. The zero-order valence-electron chi connectivity index (χ0n) is 10.6. The van der Waals surface area contributed by atoms with E-state index in [1.807, 2.05) is 18.7 Å². The van der Waals surface area contributed by atoms with Gasteiger partial charge in [-0.3, -0.25) is 5.41 Å². The fraction of sp³-hybridized carbons (Fsp3) is 0.462. The highest BCUT2D eigenvalue weighted by Gasteiger charge is 2.24. The summed E-state index contributed by atoms with van der Waals surface area (Å²) < 4.78 is 19.6. The minimum absolute atomic E-state index is 0.0839. The Hall–Kier alpha value is -1.62. The molecule has 0 unspecified atom stereocenters. The first-order chi connectivity index (χ1) is 8.47. The summed E-state index contributed by atoms with van der Waals surface area (Å²) in [4.78, 5) is 1.97. The number of nitrogens with two attached hydrogens (primary N) is 1. The minimum Gasteiger partial charge on any atom is -0.384 e. The Kier molecular flexibility index (Phi) is 3.52. The van der Waals surface area contributed by atoms with Crippen molar-refractivity contribution in [2.45, 2.75) is 26.1 Å². The number of nitrogen functional groups attached to an aromatic ring is 1. The summed E-state index contributed by atoms with van der Waals surface area (Å²) in [5.41, 5.74) is 6.29. The Morgan fingerprint density at radius 1 is 1.39 bits per heavy atom. The quantitative estimate of drug-likeness (QED) is 0.621. The lowest BCUT2D eigenvalue weighted by atomic mass is 10.1. The molecule has 2 atom stereocenters. The van der Waals surface area contributed by atoms with Crippen LogP contribution in [0.4, 0.5) is 10.1 Å². The number of benzene rings is 1. The second-order valence-corrected chi connectivity index (χ2v) is 4.74. The first kappa shape index (κ1) is 12.8. The predicted octanol–water partition coefficient (Wildman–Crippen LogP) is 1.72. The van der Waals surface area contributed by atoms with Crippen molar-refractivity contribution in [3.8, 4) is 0 Å². The second kappa shape index (κ2) is 4.94. The van der Waals surface area contributed by atoms with Gasteiger partial charge >= 0.3 is 0 Å². The summed E-state index contributed by atoms with van der Waals surface area (Å²) in [5.74, 6) is -0.465. The molecule has 5 heteroatoms. The first-order valence-electron chi connectivity index (χ1n) is 6.01. The third kappa shape index (κ3) is 2.61. The maximum atomic E-state index is 14.0. The van der Waals surface area contributed by atoms with Gasteiger partial charge in [0.1, 0.15) is 11.7 Å². The van der Waals surface area contributed by atoms with Crippen molar-refractivity contribution >= 4 is 11.5 Å². The van der Waals surface area contributed by atoms with Crippen molar-refractivity contribution in [2.24, 2.45) is 5.73 Å². The molecule has 4 nitrogen and oxygen atoms in total. The van der Waals surface area contributed by atoms with Crippen LogP contribution >= 0.6 is 0 Å². The highest BCUT2D eigenvalue weighted by molar-refractivity contribution is 5.95. The largest absolute Gasteiger partial charge is 0.384 e. The molecule has 0 bridgehead atoms. The van der Waals surface area contributed by atoms with Crippen LogP contribution in [-0.2, 0) is 4.74 Å². The van der Waals surface area contributed by atoms with E-state index in [0.717, 1.165) is 0 Å². The number of rotatable bonds is 2. The normalized spacial score (nSPS) is 24.1. The average molecular weight is 251 g/mol. The van der Waals surface area contributed by atoms with Gasteiger partial charge in [0.05, 0.1) is 17.9 Å². The van der Waals surface area contributed by atoms with Gasteiger partial charge in [-0.2, -0.15) is 0 Å². The van der Waals surface area contributed by atoms with E-state index in [-0.39, 0.29) is 23.9 Å². The van der Waals surface area contributed by atoms with Crippen LogP contribution in [0.25, 0.3) is 0 Å². The molecular formula is C13H18FN3O. The third-order valence-electron chi connectivity index (χ3n) is 3.02. The molecule has 1 fully saturated rings. The maximum Gasteiger partial charge on any atom is 0.147 e.